The van der Waals surface area contributed by atoms with E-state index in [-0.39, 0.29) is 16.8 Å². The van der Waals surface area contributed by atoms with Gasteiger partial charge in [-0.2, -0.15) is 0 Å². The number of carbonyl (C=O) groups excluding carboxylic acids is 1. The molecule has 1 aliphatic carbocycles. The molecule has 0 saturated heterocycles. The first-order valence-electron chi connectivity index (χ1n) is 8.55. The largest absolute Gasteiger partial charge is 0.322 e. The summed E-state index contributed by atoms with van der Waals surface area (Å²) < 4.78 is 29.0. The lowest BCUT2D eigenvalue weighted by atomic mass is 10.1. The molecule has 138 valence electrons. The number of carbonyl (C=O) groups is 1. The molecule has 0 aromatic heterocycles. The van der Waals surface area contributed by atoms with Gasteiger partial charge in [-0.1, -0.05) is 18.9 Å². The molecule has 7 heteroatoms. The molecule has 2 aromatic carbocycles. The summed E-state index contributed by atoms with van der Waals surface area (Å²) in [7, 11) is -3.62. The quantitative estimate of drug-likeness (QED) is 0.629. The van der Waals surface area contributed by atoms with E-state index in [1.54, 1.807) is 12.1 Å². The third-order valence-corrected chi connectivity index (χ3v) is 6.71. The van der Waals surface area contributed by atoms with E-state index < -0.39 is 10.0 Å². The van der Waals surface area contributed by atoms with Gasteiger partial charge in [0, 0.05) is 20.9 Å². The zero-order chi connectivity index (χ0) is 18.7. The Hall–Kier alpha value is -1.45. The zero-order valence-electron chi connectivity index (χ0n) is 14.5. The van der Waals surface area contributed by atoms with Crippen molar-refractivity contribution in [2.24, 2.45) is 0 Å². The molecule has 1 saturated carbocycles. The normalized spacial score (nSPS) is 15.2. The van der Waals surface area contributed by atoms with Crippen LogP contribution in [0.1, 0.15) is 41.6 Å². The van der Waals surface area contributed by atoms with Gasteiger partial charge >= 0.3 is 0 Å². The maximum Gasteiger partial charge on any atom is 0.255 e. The minimum Gasteiger partial charge on any atom is -0.322 e. The lowest BCUT2D eigenvalue weighted by molar-refractivity contribution is 0.102. The fraction of sp³-hybridized carbons (Fsp3) is 0.316. The third-order valence-electron chi connectivity index (χ3n) is 4.52. The fourth-order valence-corrected chi connectivity index (χ4v) is 5.09. The Kier molecular flexibility index (Phi) is 5.99. The Balaban J connectivity index is 1.78. The van der Waals surface area contributed by atoms with Crippen LogP contribution in [0.25, 0.3) is 0 Å². The summed E-state index contributed by atoms with van der Waals surface area (Å²) in [5, 5.41) is 2.85. The van der Waals surface area contributed by atoms with Crippen molar-refractivity contribution in [1.29, 1.82) is 0 Å². The van der Waals surface area contributed by atoms with Gasteiger partial charge in [-0.3, -0.25) is 4.79 Å². The predicted molar refractivity (Wildman–Crippen MR) is 111 cm³/mol. The first-order valence-corrected chi connectivity index (χ1v) is 11.1. The average molecular weight is 484 g/mol. The van der Waals surface area contributed by atoms with Gasteiger partial charge in [0.1, 0.15) is 0 Å². The summed E-state index contributed by atoms with van der Waals surface area (Å²) in [6.45, 7) is 1.92. The van der Waals surface area contributed by atoms with Crippen molar-refractivity contribution in [2.45, 2.75) is 43.5 Å². The highest BCUT2D eigenvalue weighted by Crippen LogP contribution is 2.22. The van der Waals surface area contributed by atoms with Crippen molar-refractivity contribution >= 4 is 44.2 Å². The van der Waals surface area contributed by atoms with Gasteiger partial charge in [-0.15, -0.1) is 0 Å². The van der Waals surface area contributed by atoms with Crippen molar-refractivity contribution in [3.05, 3.63) is 57.2 Å². The first kappa shape index (κ1) is 19.3. The molecule has 0 atom stereocenters. The molecule has 0 bridgehead atoms. The number of rotatable bonds is 5. The second kappa shape index (κ2) is 8.06. The Labute approximate surface area is 167 Å². The SMILES string of the molecule is Cc1cc(I)ccc1NC(=O)c1cccc(S(=O)(=O)NC2CCCC2)c1. The lowest BCUT2D eigenvalue weighted by Gasteiger charge is -2.13. The van der Waals surface area contributed by atoms with Crippen LogP contribution in [0.4, 0.5) is 5.69 Å². The second-order valence-corrected chi connectivity index (χ2v) is 9.50. The molecule has 0 radical (unpaired) electrons. The van der Waals surface area contributed by atoms with E-state index in [4.69, 9.17) is 0 Å². The molecule has 5 nitrogen and oxygen atoms in total. The lowest BCUT2D eigenvalue weighted by Crippen LogP contribution is -2.32. The Bertz CT molecular complexity index is 922. The van der Waals surface area contributed by atoms with Gasteiger partial charge in [0.25, 0.3) is 5.91 Å². The number of nitrogens with one attached hydrogen (secondary N) is 2. The molecule has 0 unspecified atom stereocenters. The van der Waals surface area contributed by atoms with Crippen molar-refractivity contribution in [3.63, 3.8) is 0 Å². The van der Waals surface area contributed by atoms with Crippen LogP contribution >= 0.6 is 22.6 Å². The van der Waals surface area contributed by atoms with Crippen molar-refractivity contribution < 1.29 is 13.2 Å². The summed E-state index contributed by atoms with van der Waals surface area (Å²) in [4.78, 5) is 12.7. The molecule has 0 spiro atoms. The molecule has 0 aliphatic heterocycles. The van der Waals surface area contributed by atoms with Crippen molar-refractivity contribution in [2.75, 3.05) is 5.32 Å². The van der Waals surface area contributed by atoms with Crippen LogP contribution in [0.15, 0.2) is 47.4 Å². The standard InChI is InChI=1S/C19H21IN2O3S/c1-13-11-15(20)9-10-18(13)21-19(23)14-5-4-8-17(12-14)26(24,25)22-16-6-2-3-7-16/h4-5,8-12,16,22H,2-3,6-7H2,1H3,(H,21,23). The van der Waals surface area contributed by atoms with Crippen LogP contribution in [0.5, 0.6) is 0 Å². The van der Waals surface area contributed by atoms with Crippen molar-refractivity contribution in [1.82, 2.24) is 4.72 Å². The maximum absolute atomic E-state index is 12.6. The highest BCUT2D eigenvalue weighted by molar-refractivity contribution is 14.1. The Morgan fingerprint density at radius 2 is 1.85 bits per heavy atom. The third kappa shape index (κ3) is 4.63. The van der Waals surface area contributed by atoms with E-state index in [1.165, 1.54) is 12.1 Å². The number of benzene rings is 2. The van der Waals surface area contributed by atoms with Gasteiger partial charge in [0.05, 0.1) is 4.90 Å². The van der Waals surface area contributed by atoms with E-state index in [1.807, 2.05) is 25.1 Å². The molecule has 2 N–H and O–H groups in total. The molecule has 1 aliphatic rings. The minimum atomic E-state index is -3.62. The molecule has 1 amide bonds. The summed E-state index contributed by atoms with van der Waals surface area (Å²) in [5.74, 6) is -0.327. The van der Waals surface area contributed by atoms with Gasteiger partial charge in [0.2, 0.25) is 10.0 Å². The molecule has 0 heterocycles. The zero-order valence-corrected chi connectivity index (χ0v) is 17.4. The predicted octanol–water partition coefficient (Wildman–Crippen LogP) is 4.07. The Morgan fingerprint density at radius 1 is 1.12 bits per heavy atom. The first-order chi connectivity index (χ1) is 12.3. The fourth-order valence-electron chi connectivity index (χ4n) is 3.10. The number of anilines is 1. The van der Waals surface area contributed by atoms with Gasteiger partial charge in [-0.05, 0) is 84.3 Å². The van der Waals surface area contributed by atoms with E-state index in [9.17, 15) is 13.2 Å². The minimum absolute atomic E-state index is 0.00748. The molecule has 1 fully saturated rings. The number of sulfonamides is 1. The van der Waals surface area contributed by atoms with E-state index in [0.29, 0.717) is 11.3 Å². The van der Waals surface area contributed by atoms with Gasteiger partial charge in [-0.25, -0.2) is 13.1 Å². The van der Waals surface area contributed by atoms with Crippen LogP contribution in [-0.4, -0.2) is 20.4 Å². The highest BCUT2D eigenvalue weighted by atomic mass is 127. The van der Waals surface area contributed by atoms with E-state index >= 15 is 0 Å². The summed E-state index contributed by atoms with van der Waals surface area (Å²) in [6, 6.07) is 11.9. The van der Waals surface area contributed by atoms with Crippen LogP contribution in [-0.2, 0) is 10.0 Å². The number of aryl methyl sites for hydroxylation is 1. The average Bonchev–Trinajstić information content (AvgIpc) is 3.09. The summed E-state index contributed by atoms with van der Waals surface area (Å²) in [5.41, 5.74) is 1.99. The van der Waals surface area contributed by atoms with E-state index in [2.05, 4.69) is 32.6 Å². The summed E-state index contributed by atoms with van der Waals surface area (Å²) in [6.07, 6.45) is 3.83. The molecular weight excluding hydrogens is 463 g/mol. The topological polar surface area (TPSA) is 75.3 Å². The van der Waals surface area contributed by atoms with Crippen LogP contribution in [0, 0.1) is 10.5 Å². The molecule has 26 heavy (non-hydrogen) atoms. The number of halogens is 1. The van der Waals surface area contributed by atoms with Crippen LogP contribution < -0.4 is 10.0 Å². The van der Waals surface area contributed by atoms with E-state index in [0.717, 1.165) is 34.8 Å². The van der Waals surface area contributed by atoms with Crippen LogP contribution in [0.3, 0.4) is 0 Å². The molecular formula is C19H21IN2O3S. The Morgan fingerprint density at radius 3 is 2.54 bits per heavy atom. The second-order valence-electron chi connectivity index (χ2n) is 6.54. The van der Waals surface area contributed by atoms with Gasteiger partial charge < -0.3 is 5.32 Å². The smallest absolute Gasteiger partial charge is 0.255 e. The van der Waals surface area contributed by atoms with Gasteiger partial charge in [0.15, 0.2) is 0 Å². The number of hydrogen-bond donors (Lipinski definition) is 2. The number of amides is 1. The molecule has 3 rings (SSSR count). The number of hydrogen-bond acceptors (Lipinski definition) is 3. The summed E-state index contributed by atoms with van der Waals surface area (Å²) >= 11 is 2.21. The van der Waals surface area contributed by atoms with Crippen molar-refractivity contribution in [3.8, 4) is 0 Å². The molecule has 2 aromatic rings. The maximum atomic E-state index is 12.6. The highest BCUT2D eigenvalue weighted by Gasteiger charge is 2.23. The monoisotopic (exact) mass is 484 g/mol. The van der Waals surface area contributed by atoms with Crippen LogP contribution in [0.2, 0.25) is 0 Å².